The molecule has 11 heteroatoms. The summed E-state index contributed by atoms with van der Waals surface area (Å²) in [4.78, 5) is 27.6. The largest absolute Gasteiger partial charge is 0.461 e. The fraction of sp³-hybridized carbons (Fsp3) is 0.278. The van der Waals surface area contributed by atoms with Gasteiger partial charge < -0.3 is 13.7 Å². The van der Waals surface area contributed by atoms with Gasteiger partial charge in [0.1, 0.15) is 18.0 Å². The highest BCUT2D eigenvalue weighted by Gasteiger charge is 2.18. The van der Waals surface area contributed by atoms with E-state index in [2.05, 4.69) is 25.6 Å². The maximum absolute atomic E-state index is 12.2. The number of benzene rings is 1. The number of aryl methyl sites for hydroxylation is 2. The van der Waals surface area contributed by atoms with Gasteiger partial charge in [-0.15, -0.1) is 0 Å². The van der Waals surface area contributed by atoms with Crippen molar-refractivity contribution < 1.29 is 22.4 Å². The van der Waals surface area contributed by atoms with Crippen LogP contribution in [-0.4, -0.2) is 30.5 Å². The number of aromatic nitrogens is 2. The Morgan fingerprint density at radius 3 is 2.79 bits per heavy atom. The standard InChI is InChI=1S/C18H18BrN3O6S/c1-11-21-16(9-22(11)2)29(25,26)20-6-5-17(23)27-10-12-7-18(24)28-15-8-13(19)3-4-14(12)15/h3-4,7-9,20H,5-6,10H2,1-2H3. The van der Waals surface area contributed by atoms with E-state index in [1.807, 2.05) is 0 Å². The van der Waals surface area contributed by atoms with Gasteiger partial charge in [-0.3, -0.25) is 4.79 Å². The first-order valence-electron chi connectivity index (χ1n) is 8.53. The van der Waals surface area contributed by atoms with Gasteiger partial charge in [0.15, 0.2) is 5.03 Å². The number of hydrogen-bond donors (Lipinski definition) is 1. The van der Waals surface area contributed by atoms with Crippen LogP contribution < -0.4 is 10.3 Å². The van der Waals surface area contributed by atoms with Gasteiger partial charge in [-0.1, -0.05) is 15.9 Å². The number of carbonyl (C=O) groups excluding carboxylic acids is 1. The molecular formula is C18H18BrN3O6S. The molecule has 3 aromatic rings. The Bertz CT molecular complexity index is 1210. The molecule has 3 rings (SSSR count). The molecule has 0 saturated carbocycles. The van der Waals surface area contributed by atoms with E-state index in [0.29, 0.717) is 22.4 Å². The van der Waals surface area contributed by atoms with Crippen LogP contribution in [0.1, 0.15) is 17.8 Å². The zero-order valence-electron chi connectivity index (χ0n) is 15.6. The predicted molar refractivity (Wildman–Crippen MR) is 108 cm³/mol. The average Bonchev–Trinajstić information content (AvgIpc) is 2.98. The summed E-state index contributed by atoms with van der Waals surface area (Å²) < 4.78 is 39.3. The normalized spacial score (nSPS) is 11.7. The van der Waals surface area contributed by atoms with Crippen molar-refractivity contribution in [3.63, 3.8) is 0 Å². The monoisotopic (exact) mass is 483 g/mol. The second-order valence-corrected chi connectivity index (χ2v) is 8.91. The maximum atomic E-state index is 12.2. The third-order valence-electron chi connectivity index (χ3n) is 4.16. The van der Waals surface area contributed by atoms with Crippen molar-refractivity contribution in [1.82, 2.24) is 14.3 Å². The number of nitrogens with zero attached hydrogens (tertiary/aromatic N) is 2. The molecule has 1 N–H and O–H groups in total. The summed E-state index contributed by atoms with van der Waals surface area (Å²) in [6.45, 7) is 1.42. The van der Waals surface area contributed by atoms with Crippen molar-refractivity contribution in [2.45, 2.75) is 25.0 Å². The Kier molecular flexibility index (Phi) is 6.20. The lowest BCUT2D eigenvalue weighted by atomic mass is 10.1. The fourth-order valence-corrected chi connectivity index (χ4v) is 3.98. The van der Waals surface area contributed by atoms with Crippen LogP contribution in [0, 0.1) is 6.92 Å². The SMILES string of the molecule is Cc1nc(S(=O)(=O)NCCC(=O)OCc2cc(=O)oc3cc(Br)ccc23)cn1C. The van der Waals surface area contributed by atoms with Crippen molar-refractivity contribution in [2.24, 2.45) is 7.05 Å². The van der Waals surface area contributed by atoms with Gasteiger partial charge >= 0.3 is 11.6 Å². The summed E-state index contributed by atoms with van der Waals surface area (Å²) in [5.74, 6) is -0.0558. The van der Waals surface area contributed by atoms with E-state index in [0.717, 1.165) is 4.47 Å². The van der Waals surface area contributed by atoms with Crippen molar-refractivity contribution in [3.05, 3.63) is 56.7 Å². The molecule has 0 aliphatic rings. The van der Waals surface area contributed by atoms with Gasteiger partial charge in [0.25, 0.3) is 10.0 Å². The summed E-state index contributed by atoms with van der Waals surface area (Å²) in [7, 11) is -2.13. The van der Waals surface area contributed by atoms with Crippen LogP contribution in [0.15, 0.2) is 49.2 Å². The molecule has 0 aliphatic heterocycles. The summed E-state index contributed by atoms with van der Waals surface area (Å²) in [5, 5.41) is 0.534. The lowest BCUT2D eigenvalue weighted by molar-refractivity contribution is -0.144. The average molecular weight is 484 g/mol. The number of carbonyl (C=O) groups is 1. The number of esters is 1. The van der Waals surface area contributed by atoms with E-state index in [1.54, 1.807) is 36.7 Å². The predicted octanol–water partition coefficient (Wildman–Crippen LogP) is 2.01. The van der Waals surface area contributed by atoms with Gasteiger partial charge in [0.2, 0.25) is 0 Å². The molecule has 0 unspecified atom stereocenters. The molecule has 1 aromatic carbocycles. The molecule has 2 aromatic heterocycles. The van der Waals surface area contributed by atoms with Crippen molar-refractivity contribution in [3.8, 4) is 0 Å². The van der Waals surface area contributed by atoms with Gasteiger partial charge in [-0.2, -0.15) is 0 Å². The highest BCUT2D eigenvalue weighted by Crippen LogP contribution is 2.22. The Morgan fingerprint density at radius 1 is 1.34 bits per heavy atom. The zero-order chi connectivity index (χ0) is 21.2. The molecule has 154 valence electrons. The second-order valence-electron chi connectivity index (χ2n) is 6.28. The van der Waals surface area contributed by atoms with E-state index < -0.39 is 21.6 Å². The molecular weight excluding hydrogens is 466 g/mol. The quantitative estimate of drug-likeness (QED) is 0.402. The summed E-state index contributed by atoms with van der Waals surface area (Å²) in [6, 6.07) is 6.43. The first-order valence-corrected chi connectivity index (χ1v) is 10.8. The molecule has 0 aliphatic carbocycles. The fourth-order valence-electron chi connectivity index (χ4n) is 2.57. The van der Waals surface area contributed by atoms with Gasteiger partial charge in [-0.05, 0) is 25.1 Å². The summed E-state index contributed by atoms with van der Waals surface area (Å²) >= 11 is 3.30. The second kappa shape index (κ2) is 8.47. The number of rotatable bonds is 7. The molecule has 0 saturated heterocycles. The van der Waals surface area contributed by atoms with E-state index in [4.69, 9.17) is 9.15 Å². The third kappa shape index (κ3) is 5.11. The number of ether oxygens (including phenoxy) is 1. The minimum Gasteiger partial charge on any atom is -0.461 e. The van der Waals surface area contributed by atoms with Crippen LogP contribution in [0.5, 0.6) is 0 Å². The number of imidazole rings is 1. The topological polar surface area (TPSA) is 120 Å². The summed E-state index contributed by atoms with van der Waals surface area (Å²) in [5.41, 5.74) is 0.318. The van der Waals surface area contributed by atoms with Gasteiger partial charge in [0.05, 0.1) is 6.42 Å². The lowest BCUT2D eigenvalue weighted by Gasteiger charge is -2.08. The number of halogens is 1. The Morgan fingerprint density at radius 2 is 2.10 bits per heavy atom. The van der Waals surface area contributed by atoms with Gasteiger partial charge in [-0.25, -0.2) is 22.9 Å². The molecule has 2 heterocycles. The van der Waals surface area contributed by atoms with Crippen molar-refractivity contribution in [2.75, 3.05) is 6.54 Å². The van der Waals surface area contributed by atoms with E-state index in [1.165, 1.54) is 12.3 Å². The molecule has 0 radical (unpaired) electrons. The number of nitrogens with one attached hydrogen (secondary N) is 1. The lowest BCUT2D eigenvalue weighted by Crippen LogP contribution is -2.27. The number of sulfonamides is 1. The zero-order valence-corrected chi connectivity index (χ0v) is 18.0. The van der Waals surface area contributed by atoms with E-state index in [9.17, 15) is 18.0 Å². The smallest absolute Gasteiger partial charge is 0.336 e. The van der Waals surface area contributed by atoms with E-state index >= 15 is 0 Å². The van der Waals surface area contributed by atoms with Crippen LogP contribution in [0.25, 0.3) is 11.0 Å². The molecule has 0 spiro atoms. The highest BCUT2D eigenvalue weighted by molar-refractivity contribution is 9.10. The van der Waals surface area contributed by atoms with Crippen molar-refractivity contribution in [1.29, 1.82) is 0 Å². The third-order valence-corrected chi connectivity index (χ3v) is 5.99. The van der Waals surface area contributed by atoms with Crippen molar-refractivity contribution >= 4 is 42.9 Å². The highest BCUT2D eigenvalue weighted by atomic mass is 79.9. The molecule has 0 atom stereocenters. The minimum absolute atomic E-state index is 0.112. The van der Waals surface area contributed by atoms with Crippen LogP contribution >= 0.6 is 15.9 Å². The summed E-state index contributed by atoms with van der Waals surface area (Å²) in [6.07, 6.45) is 1.22. The molecule has 9 nitrogen and oxygen atoms in total. The molecule has 0 bridgehead atoms. The first kappa shape index (κ1) is 21.2. The molecule has 0 amide bonds. The number of fused-ring (bicyclic) bond motifs is 1. The number of hydrogen-bond acceptors (Lipinski definition) is 7. The Labute approximate surface area is 174 Å². The van der Waals surface area contributed by atoms with Gasteiger partial charge in [0, 0.05) is 41.3 Å². The Balaban J connectivity index is 1.58. The first-order chi connectivity index (χ1) is 13.7. The minimum atomic E-state index is -3.81. The van der Waals surface area contributed by atoms with Crippen LogP contribution in [0.2, 0.25) is 0 Å². The maximum Gasteiger partial charge on any atom is 0.336 e. The Hall–Kier alpha value is -2.50. The van der Waals surface area contributed by atoms with Crippen LogP contribution in [0.4, 0.5) is 0 Å². The van der Waals surface area contributed by atoms with Crippen LogP contribution in [0.3, 0.4) is 0 Å². The van der Waals surface area contributed by atoms with E-state index in [-0.39, 0.29) is 24.6 Å². The van der Waals surface area contributed by atoms with Crippen LogP contribution in [-0.2, 0) is 33.2 Å². The molecule has 0 fully saturated rings. The molecule has 29 heavy (non-hydrogen) atoms.